The summed E-state index contributed by atoms with van der Waals surface area (Å²) in [5.41, 5.74) is 0.886. The summed E-state index contributed by atoms with van der Waals surface area (Å²) in [5, 5.41) is 9.76. The number of aryl methyl sites for hydroxylation is 1. The average molecular weight is 304 g/mol. The third kappa shape index (κ3) is 4.69. The number of anilines is 2. The number of carbonyl (C=O) groups is 1. The van der Waals surface area contributed by atoms with E-state index in [4.69, 9.17) is 0 Å². The van der Waals surface area contributed by atoms with Gasteiger partial charge in [-0.2, -0.15) is 10.1 Å². The van der Waals surface area contributed by atoms with Crippen LogP contribution in [-0.4, -0.2) is 57.8 Å². The van der Waals surface area contributed by atoms with Gasteiger partial charge >= 0.3 is 0 Å². The van der Waals surface area contributed by atoms with E-state index in [9.17, 15) is 4.79 Å². The van der Waals surface area contributed by atoms with Gasteiger partial charge in [0.1, 0.15) is 25.0 Å². The minimum atomic E-state index is -0.119. The molecule has 0 spiro atoms. The number of amides is 1. The number of carbonyl (C=O) groups excluding carboxylic acids is 1. The van der Waals surface area contributed by atoms with Crippen LogP contribution in [0.25, 0.3) is 0 Å². The van der Waals surface area contributed by atoms with E-state index in [1.54, 1.807) is 0 Å². The molecule has 9 heteroatoms. The Morgan fingerprint density at radius 3 is 2.82 bits per heavy atom. The van der Waals surface area contributed by atoms with Gasteiger partial charge in [0.15, 0.2) is 0 Å². The van der Waals surface area contributed by atoms with Gasteiger partial charge in [0.25, 0.3) is 0 Å². The molecular weight excluding hydrogens is 284 g/mol. The molecular formula is C13H20N8O. The molecule has 0 aliphatic rings. The first-order chi connectivity index (χ1) is 10.5. The average Bonchev–Trinajstić information content (AvgIpc) is 2.96. The van der Waals surface area contributed by atoms with Crippen molar-refractivity contribution in [1.29, 1.82) is 0 Å². The van der Waals surface area contributed by atoms with Crippen LogP contribution in [0.15, 0.2) is 18.7 Å². The summed E-state index contributed by atoms with van der Waals surface area (Å²) < 4.78 is 1.47. The van der Waals surface area contributed by atoms with E-state index in [1.807, 2.05) is 32.0 Å². The lowest BCUT2D eigenvalue weighted by atomic mass is 10.4. The maximum absolute atomic E-state index is 11.7. The number of aromatic nitrogens is 5. The van der Waals surface area contributed by atoms with Gasteiger partial charge in [-0.15, -0.1) is 0 Å². The Kier molecular flexibility index (Phi) is 5.23. The molecule has 2 heterocycles. The number of nitrogens with zero attached hydrogens (tertiary/aromatic N) is 6. The Balaban J connectivity index is 1.75. The van der Waals surface area contributed by atoms with Crippen LogP contribution in [0.2, 0.25) is 0 Å². The molecule has 0 bridgehead atoms. The molecule has 118 valence electrons. The number of rotatable bonds is 7. The van der Waals surface area contributed by atoms with Gasteiger partial charge < -0.3 is 15.5 Å². The Hall–Kier alpha value is -2.71. The zero-order valence-corrected chi connectivity index (χ0v) is 12.9. The second-order valence-electron chi connectivity index (χ2n) is 4.96. The van der Waals surface area contributed by atoms with Gasteiger partial charge in [0, 0.05) is 38.9 Å². The van der Waals surface area contributed by atoms with Crippen molar-refractivity contribution in [2.45, 2.75) is 13.5 Å². The van der Waals surface area contributed by atoms with E-state index in [1.165, 1.54) is 17.3 Å². The Bertz CT molecular complexity index is 611. The van der Waals surface area contributed by atoms with Gasteiger partial charge in [0.2, 0.25) is 11.9 Å². The highest BCUT2D eigenvalue weighted by atomic mass is 16.2. The van der Waals surface area contributed by atoms with Gasteiger partial charge in [-0.1, -0.05) is 0 Å². The van der Waals surface area contributed by atoms with E-state index in [0.717, 1.165) is 11.5 Å². The van der Waals surface area contributed by atoms with Crippen molar-refractivity contribution in [2.24, 2.45) is 0 Å². The van der Waals surface area contributed by atoms with Crippen LogP contribution in [0.5, 0.6) is 0 Å². The molecule has 0 saturated carbocycles. The molecule has 2 rings (SSSR count). The van der Waals surface area contributed by atoms with Crippen molar-refractivity contribution in [3.05, 3.63) is 24.4 Å². The fourth-order valence-corrected chi connectivity index (χ4v) is 1.75. The maximum Gasteiger partial charge on any atom is 0.241 e. The predicted molar refractivity (Wildman–Crippen MR) is 82.6 cm³/mol. The van der Waals surface area contributed by atoms with Crippen LogP contribution in [0.3, 0.4) is 0 Å². The standard InChI is InChI=1S/C13H20N8O/c1-10-6-11(20(2)3)19-13(18-10)16-5-4-15-12(22)7-21-9-14-8-17-21/h6,8-9H,4-5,7H2,1-3H3,(H,15,22)(H,16,18,19). The molecule has 0 aromatic carbocycles. The molecule has 0 saturated heterocycles. The van der Waals surface area contributed by atoms with E-state index >= 15 is 0 Å². The Morgan fingerprint density at radius 2 is 2.14 bits per heavy atom. The van der Waals surface area contributed by atoms with Gasteiger partial charge in [0.05, 0.1) is 0 Å². The molecule has 0 fully saturated rings. The first-order valence-electron chi connectivity index (χ1n) is 6.90. The summed E-state index contributed by atoms with van der Waals surface area (Å²) in [6.07, 6.45) is 2.90. The maximum atomic E-state index is 11.7. The van der Waals surface area contributed by atoms with Crippen molar-refractivity contribution < 1.29 is 4.79 Å². The second kappa shape index (κ2) is 7.34. The molecule has 2 aromatic rings. The van der Waals surface area contributed by atoms with E-state index in [2.05, 4.69) is 30.7 Å². The third-order valence-electron chi connectivity index (χ3n) is 2.80. The van der Waals surface area contributed by atoms with Crippen LogP contribution in [0, 0.1) is 6.92 Å². The third-order valence-corrected chi connectivity index (χ3v) is 2.80. The highest BCUT2D eigenvalue weighted by molar-refractivity contribution is 5.75. The lowest BCUT2D eigenvalue weighted by molar-refractivity contribution is -0.121. The first-order valence-corrected chi connectivity index (χ1v) is 6.90. The predicted octanol–water partition coefficient (Wildman–Crippen LogP) is -0.329. The van der Waals surface area contributed by atoms with E-state index in [-0.39, 0.29) is 12.5 Å². The lowest BCUT2D eigenvalue weighted by Gasteiger charge is -2.13. The fourth-order valence-electron chi connectivity index (χ4n) is 1.75. The highest BCUT2D eigenvalue weighted by Gasteiger charge is 2.05. The topological polar surface area (TPSA) is 101 Å². The van der Waals surface area contributed by atoms with Gasteiger partial charge in [-0.25, -0.2) is 14.6 Å². The molecule has 0 unspecified atom stereocenters. The minimum absolute atomic E-state index is 0.119. The number of hydrogen-bond acceptors (Lipinski definition) is 7. The molecule has 0 aliphatic carbocycles. The number of hydrogen-bond donors (Lipinski definition) is 2. The smallest absolute Gasteiger partial charge is 0.241 e. The second-order valence-corrected chi connectivity index (χ2v) is 4.96. The van der Waals surface area contributed by atoms with Gasteiger partial charge in [-0.3, -0.25) is 4.79 Å². The van der Waals surface area contributed by atoms with Crippen LogP contribution in [-0.2, 0) is 11.3 Å². The fraction of sp³-hybridized carbons (Fsp3) is 0.462. The van der Waals surface area contributed by atoms with Crippen LogP contribution < -0.4 is 15.5 Å². The summed E-state index contributed by atoms with van der Waals surface area (Å²) in [6, 6.07) is 1.91. The zero-order valence-electron chi connectivity index (χ0n) is 12.9. The summed E-state index contributed by atoms with van der Waals surface area (Å²) in [4.78, 5) is 26.0. The van der Waals surface area contributed by atoms with Crippen LogP contribution in [0.1, 0.15) is 5.69 Å². The molecule has 22 heavy (non-hydrogen) atoms. The molecule has 2 aromatic heterocycles. The van der Waals surface area contributed by atoms with E-state index < -0.39 is 0 Å². The summed E-state index contributed by atoms with van der Waals surface area (Å²) >= 11 is 0. The lowest BCUT2D eigenvalue weighted by Crippen LogP contribution is -2.32. The van der Waals surface area contributed by atoms with Crippen molar-refractivity contribution in [3.8, 4) is 0 Å². The summed E-state index contributed by atoms with van der Waals surface area (Å²) in [5.74, 6) is 1.27. The van der Waals surface area contributed by atoms with Crippen LogP contribution >= 0.6 is 0 Å². The van der Waals surface area contributed by atoms with Crippen molar-refractivity contribution >= 4 is 17.7 Å². The molecule has 0 aliphatic heterocycles. The zero-order chi connectivity index (χ0) is 15.9. The summed E-state index contributed by atoms with van der Waals surface area (Å²) in [7, 11) is 3.85. The molecule has 2 N–H and O–H groups in total. The SMILES string of the molecule is Cc1cc(N(C)C)nc(NCCNC(=O)Cn2cncn2)n1. The van der Waals surface area contributed by atoms with Crippen molar-refractivity contribution in [2.75, 3.05) is 37.4 Å². The summed E-state index contributed by atoms with van der Waals surface area (Å²) in [6.45, 7) is 3.09. The first kappa shape index (κ1) is 15.7. The molecule has 0 radical (unpaired) electrons. The Morgan fingerprint density at radius 1 is 1.32 bits per heavy atom. The monoisotopic (exact) mass is 304 g/mol. The highest BCUT2D eigenvalue weighted by Crippen LogP contribution is 2.11. The molecule has 0 atom stereocenters. The number of nitrogens with one attached hydrogen (secondary N) is 2. The van der Waals surface area contributed by atoms with Crippen molar-refractivity contribution in [3.63, 3.8) is 0 Å². The van der Waals surface area contributed by atoms with E-state index in [0.29, 0.717) is 19.0 Å². The Labute approximate surface area is 128 Å². The van der Waals surface area contributed by atoms with Crippen molar-refractivity contribution in [1.82, 2.24) is 30.0 Å². The van der Waals surface area contributed by atoms with Gasteiger partial charge in [-0.05, 0) is 6.92 Å². The van der Waals surface area contributed by atoms with Crippen LogP contribution in [0.4, 0.5) is 11.8 Å². The minimum Gasteiger partial charge on any atom is -0.363 e. The normalized spacial score (nSPS) is 10.3. The molecule has 9 nitrogen and oxygen atoms in total. The largest absolute Gasteiger partial charge is 0.363 e. The molecule has 1 amide bonds. The quantitative estimate of drug-likeness (QED) is 0.675.